The standard InChI is InChI=1S/C22H21N3O5/c1-14-11-17(30-13-20(27)29-3)9-10-18(14)23-22(28)21-19(26)12-15(2)25(24-21)16-7-5-4-6-8-16/h4-12H,13H2,1-3H3,(H,23,28). The Hall–Kier alpha value is -3.94. The number of carbonyl (C=O) groups is 2. The highest BCUT2D eigenvalue weighted by Gasteiger charge is 2.16. The van der Waals surface area contributed by atoms with Crippen LogP contribution in [-0.2, 0) is 9.53 Å². The number of hydrogen-bond acceptors (Lipinski definition) is 6. The van der Waals surface area contributed by atoms with Crippen LogP contribution in [0.4, 0.5) is 5.69 Å². The van der Waals surface area contributed by atoms with E-state index in [-0.39, 0.29) is 12.3 Å². The topological polar surface area (TPSA) is 99.5 Å². The molecule has 1 aromatic heterocycles. The lowest BCUT2D eigenvalue weighted by molar-refractivity contribution is -0.142. The van der Waals surface area contributed by atoms with Crippen LogP contribution < -0.4 is 15.5 Å². The monoisotopic (exact) mass is 407 g/mol. The highest BCUT2D eigenvalue weighted by molar-refractivity contribution is 6.03. The number of para-hydroxylation sites is 1. The first-order valence-electron chi connectivity index (χ1n) is 9.17. The number of aromatic nitrogens is 2. The average molecular weight is 407 g/mol. The molecule has 0 bridgehead atoms. The lowest BCUT2D eigenvalue weighted by Crippen LogP contribution is -2.27. The quantitative estimate of drug-likeness (QED) is 0.631. The number of rotatable bonds is 6. The molecule has 0 saturated heterocycles. The van der Waals surface area contributed by atoms with Gasteiger partial charge in [0, 0.05) is 17.4 Å². The first kappa shape index (κ1) is 20.8. The molecule has 2 aromatic carbocycles. The maximum absolute atomic E-state index is 12.7. The Morgan fingerprint density at radius 2 is 1.80 bits per heavy atom. The summed E-state index contributed by atoms with van der Waals surface area (Å²) in [5.41, 5.74) is 1.88. The van der Waals surface area contributed by atoms with Gasteiger partial charge in [0.1, 0.15) is 5.75 Å². The van der Waals surface area contributed by atoms with Gasteiger partial charge in [-0.25, -0.2) is 9.48 Å². The van der Waals surface area contributed by atoms with E-state index in [0.29, 0.717) is 22.7 Å². The minimum atomic E-state index is -0.615. The summed E-state index contributed by atoms with van der Waals surface area (Å²) in [5.74, 6) is -0.656. The molecule has 0 aliphatic rings. The van der Waals surface area contributed by atoms with Crippen LogP contribution >= 0.6 is 0 Å². The van der Waals surface area contributed by atoms with Crippen molar-refractivity contribution in [1.82, 2.24) is 9.78 Å². The highest BCUT2D eigenvalue weighted by Crippen LogP contribution is 2.22. The van der Waals surface area contributed by atoms with Crippen LogP contribution in [0.2, 0.25) is 0 Å². The van der Waals surface area contributed by atoms with E-state index in [1.807, 2.05) is 30.3 Å². The fourth-order valence-corrected chi connectivity index (χ4v) is 2.78. The summed E-state index contributed by atoms with van der Waals surface area (Å²) in [6.07, 6.45) is 0. The maximum atomic E-state index is 12.7. The lowest BCUT2D eigenvalue weighted by Gasteiger charge is -2.13. The Bertz CT molecular complexity index is 1140. The normalized spacial score (nSPS) is 10.4. The third-order valence-electron chi connectivity index (χ3n) is 4.35. The first-order valence-corrected chi connectivity index (χ1v) is 9.17. The molecule has 3 rings (SSSR count). The van der Waals surface area contributed by atoms with Gasteiger partial charge in [0.25, 0.3) is 5.91 Å². The van der Waals surface area contributed by atoms with Crippen LogP contribution in [-0.4, -0.2) is 35.4 Å². The maximum Gasteiger partial charge on any atom is 0.343 e. The van der Waals surface area contributed by atoms with Gasteiger partial charge in [0.05, 0.1) is 12.8 Å². The zero-order chi connectivity index (χ0) is 21.7. The fraction of sp³-hybridized carbons (Fsp3) is 0.182. The molecule has 1 amide bonds. The van der Waals surface area contributed by atoms with Crippen molar-refractivity contribution in [1.29, 1.82) is 0 Å². The van der Waals surface area contributed by atoms with E-state index in [9.17, 15) is 14.4 Å². The second-order valence-corrected chi connectivity index (χ2v) is 6.54. The summed E-state index contributed by atoms with van der Waals surface area (Å²) in [6.45, 7) is 3.31. The molecule has 8 heteroatoms. The molecule has 0 saturated carbocycles. The molecule has 0 radical (unpaired) electrons. The summed E-state index contributed by atoms with van der Waals surface area (Å²) >= 11 is 0. The van der Waals surface area contributed by atoms with E-state index >= 15 is 0 Å². The fourth-order valence-electron chi connectivity index (χ4n) is 2.78. The van der Waals surface area contributed by atoms with Crippen molar-refractivity contribution in [3.05, 3.63) is 81.8 Å². The number of hydrogen-bond donors (Lipinski definition) is 1. The van der Waals surface area contributed by atoms with Crippen LogP contribution in [0.5, 0.6) is 5.75 Å². The van der Waals surface area contributed by atoms with E-state index in [4.69, 9.17) is 4.74 Å². The zero-order valence-electron chi connectivity index (χ0n) is 16.8. The summed E-state index contributed by atoms with van der Waals surface area (Å²) in [5, 5.41) is 6.97. The van der Waals surface area contributed by atoms with Gasteiger partial charge in [-0.1, -0.05) is 18.2 Å². The second-order valence-electron chi connectivity index (χ2n) is 6.54. The summed E-state index contributed by atoms with van der Waals surface area (Å²) in [7, 11) is 1.28. The van der Waals surface area contributed by atoms with Gasteiger partial charge in [-0.05, 0) is 49.7 Å². The van der Waals surface area contributed by atoms with E-state index in [0.717, 1.165) is 5.69 Å². The molecular formula is C22H21N3O5. The first-order chi connectivity index (χ1) is 14.4. The van der Waals surface area contributed by atoms with Crippen molar-refractivity contribution < 1.29 is 19.1 Å². The zero-order valence-corrected chi connectivity index (χ0v) is 16.8. The third kappa shape index (κ3) is 4.72. The SMILES string of the molecule is COC(=O)COc1ccc(NC(=O)c2nn(-c3ccccc3)c(C)cc2=O)c(C)c1. The minimum absolute atomic E-state index is 0.213. The van der Waals surface area contributed by atoms with Crippen molar-refractivity contribution in [2.75, 3.05) is 19.0 Å². The molecular weight excluding hydrogens is 386 g/mol. The number of amides is 1. The Kier molecular flexibility index (Phi) is 6.26. The number of benzene rings is 2. The van der Waals surface area contributed by atoms with Crippen LogP contribution in [0.25, 0.3) is 5.69 Å². The number of anilines is 1. The van der Waals surface area contributed by atoms with Gasteiger partial charge in [0.2, 0.25) is 5.43 Å². The smallest absolute Gasteiger partial charge is 0.343 e. The lowest BCUT2D eigenvalue weighted by atomic mass is 10.2. The molecule has 0 atom stereocenters. The Labute approximate surface area is 173 Å². The molecule has 0 aliphatic heterocycles. The minimum Gasteiger partial charge on any atom is -0.482 e. The molecule has 1 N–H and O–H groups in total. The predicted molar refractivity (Wildman–Crippen MR) is 111 cm³/mol. The molecule has 0 spiro atoms. The highest BCUT2D eigenvalue weighted by atomic mass is 16.6. The van der Waals surface area contributed by atoms with E-state index in [2.05, 4.69) is 15.2 Å². The Morgan fingerprint density at radius 1 is 1.07 bits per heavy atom. The Balaban J connectivity index is 1.82. The Morgan fingerprint density at radius 3 is 2.47 bits per heavy atom. The summed E-state index contributed by atoms with van der Waals surface area (Å²) in [6, 6.07) is 15.5. The van der Waals surface area contributed by atoms with Crippen molar-refractivity contribution in [2.24, 2.45) is 0 Å². The molecule has 1 heterocycles. The molecule has 154 valence electrons. The van der Waals surface area contributed by atoms with Crippen molar-refractivity contribution in [3.8, 4) is 11.4 Å². The van der Waals surface area contributed by atoms with Gasteiger partial charge in [-0.2, -0.15) is 5.10 Å². The number of ether oxygens (including phenoxy) is 2. The van der Waals surface area contributed by atoms with Gasteiger partial charge < -0.3 is 14.8 Å². The van der Waals surface area contributed by atoms with E-state index < -0.39 is 17.3 Å². The van der Waals surface area contributed by atoms with E-state index in [1.165, 1.54) is 13.2 Å². The predicted octanol–water partition coefficient (Wildman–Crippen LogP) is 2.65. The van der Waals surface area contributed by atoms with Crippen molar-refractivity contribution in [3.63, 3.8) is 0 Å². The molecule has 0 unspecified atom stereocenters. The molecule has 8 nitrogen and oxygen atoms in total. The number of nitrogens with one attached hydrogen (secondary N) is 1. The third-order valence-corrected chi connectivity index (χ3v) is 4.35. The van der Waals surface area contributed by atoms with E-state index in [1.54, 1.807) is 36.7 Å². The number of nitrogens with zero attached hydrogens (tertiary/aromatic N) is 2. The largest absolute Gasteiger partial charge is 0.482 e. The van der Waals surface area contributed by atoms with Gasteiger partial charge >= 0.3 is 5.97 Å². The van der Waals surface area contributed by atoms with Crippen molar-refractivity contribution >= 4 is 17.6 Å². The molecule has 0 aliphatic carbocycles. The summed E-state index contributed by atoms with van der Waals surface area (Å²) < 4.78 is 11.4. The average Bonchev–Trinajstić information content (AvgIpc) is 2.74. The number of aryl methyl sites for hydroxylation is 2. The molecule has 3 aromatic rings. The van der Waals surface area contributed by atoms with Crippen LogP contribution in [0.1, 0.15) is 21.7 Å². The number of esters is 1. The number of carbonyl (C=O) groups excluding carboxylic acids is 2. The molecule has 0 fully saturated rings. The van der Waals surface area contributed by atoms with Gasteiger partial charge in [-0.3, -0.25) is 9.59 Å². The van der Waals surface area contributed by atoms with Crippen LogP contribution in [0.3, 0.4) is 0 Å². The van der Waals surface area contributed by atoms with Crippen LogP contribution in [0.15, 0.2) is 59.4 Å². The number of methoxy groups -OCH3 is 1. The van der Waals surface area contributed by atoms with Crippen molar-refractivity contribution in [2.45, 2.75) is 13.8 Å². The summed E-state index contributed by atoms with van der Waals surface area (Å²) in [4.78, 5) is 36.3. The molecule has 30 heavy (non-hydrogen) atoms. The second kappa shape index (κ2) is 9.04. The van der Waals surface area contributed by atoms with Gasteiger partial charge in [-0.15, -0.1) is 0 Å². The van der Waals surface area contributed by atoms with Crippen LogP contribution in [0, 0.1) is 13.8 Å². The van der Waals surface area contributed by atoms with Gasteiger partial charge in [0.15, 0.2) is 12.3 Å².